The van der Waals surface area contributed by atoms with Gasteiger partial charge >= 0.3 is 0 Å². The number of hydrogen-bond donors (Lipinski definition) is 1. The molecule has 1 aliphatic rings. The van der Waals surface area contributed by atoms with E-state index in [1.807, 2.05) is 5.38 Å². The Morgan fingerprint density at radius 1 is 1.40 bits per heavy atom. The van der Waals surface area contributed by atoms with Crippen molar-refractivity contribution in [2.24, 2.45) is 5.92 Å². The van der Waals surface area contributed by atoms with Gasteiger partial charge in [-0.1, -0.05) is 19.8 Å². The third-order valence-electron chi connectivity index (χ3n) is 3.33. The largest absolute Gasteiger partial charge is 0.387 e. The Hall–Kier alpha value is -0.410. The molecule has 0 aromatic carbocycles. The van der Waals surface area contributed by atoms with Crippen molar-refractivity contribution < 1.29 is 5.11 Å². The van der Waals surface area contributed by atoms with Crippen LogP contribution in [0.1, 0.15) is 62.3 Å². The predicted molar refractivity (Wildman–Crippen MR) is 63.1 cm³/mol. The molecule has 1 unspecified atom stereocenters. The lowest BCUT2D eigenvalue weighted by molar-refractivity contribution is 0.194. The Morgan fingerprint density at radius 2 is 2.07 bits per heavy atom. The highest BCUT2D eigenvalue weighted by Crippen LogP contribution is 2.37. The van der Waals surface area contributed by atoms with Crippen molar-refractivity contribution in [2.75, 3.05) is 0 Å². The summed E-state index contributed by atoms with van der Waals surface area (Å²) in [5.41, 5.74) is 0.841. The van der Waals surface area contributed by atoms with Gasteiger partial charge in [0.1, 0.15) is 0 Å². The second-order valence-corrected chi connectivity index (χ2v) is 5.63. The molecule has 0 radical (unpaired) electrons. The Morgan fingerprint density at radius 3 is 2.60 bits per heavy atom. The van der Waals surface area contributed by atoms with Gasteiger partial charge in [0.05, 0.1) is 16.8 Å². The minimum Gasteiger partial charge on any atom is -0.387 e. The molecule has 1 fully saturated rings. The Labute approximate surface area is 95.4 Å². The predicted octanol–water partition coefficient (Wildman–Crippen LogP) is 3.49. The number of aliphatic hydroxyl groups excluding tert-OH is 1. The van der Waals surface area contributed by atoms with Gasteiger partial charge in [0, 0.05) is 11.3 Å². The fraction of sp³-hybridized carbons (Fsp3) is 0.750. The average Bonchev–Trinajstić information content (AvgIpc) is 2.68. The summed E-state index contributed by atoms with van der Waals surface area (Å²) in [5, 5.41) is 12.7. The highest BCUT2D eigenvalue weighted by Gasteiger charge is 2.22. The zero-order chi connectivity index (χ0) is 10.8. The van der Waals surface area contributed by atoms with E-state index in [0.29, 0.717) is 5.92 Å². The van der Waals surface area contributed by atoms with Crippen LogP contribution in [-0.4, -0.2) is 10.1 Å². The molecule has 0 spiro atoms. The van der Waals surface area contributed by atoms with E-state index in [4.69, 9.17) is 0 Å². The van der Waals surface area contributed by atoms with Gasteiger partial charge in [-0.05, 0) is 25.7 Å². The molecule has 3 heteroatoms. The lowest BCUT2D eigenvalue weighted by Crippen LogP contribution is -2.10. The Kier molecular flexibility index (Phi) is 3.42. The highest BCUT2D eigenvalue weighted by atomic mass is 32.1. The van der Waals surface area contributed by atoms with E-state index in [1.165, 1.54) is 30.7 Å². The summed E-state index contributed by atoms with van der Waals surface area (Å²) < 4.78 is 0. The Balaban J connectivity index is 2.03. The first kappa shape index (κ1) is 11.1. The quantitative estimate of drug-likeness (QED) is 0.835. The summed E-state index contributed by atoms with van der Waals surface area (Å²) in [7, 11) is 0. The van der Waals surface area contributed by atoms with Crippen molar-refractivity contribution in [3.63, 3.8) is 0 Å². The molecule has 0 bridgehead atoms. The van der Waals surface area contributed by atoms with Gasteiger partial charge in [0.2, 0.25) is 0 Å². The molecule has 15 heavy (non-hydrogen) atoms. The summed E-state index contributed by atoms with van der Waals surface area (Å²) in [6.45, 7) is 4.11. The zero-order valence-corrected chi connectivity index (χ0v) is 10.3. The van der Waals surface area contributed by atoms with Crippen LogP contribution in [0.5, 0.6) is 0 Å². The van der Waals surface area contributed by atoms with Crippen molar-refractivity contribution >= 4 is 11.3 Å². The number of aliphatic hydroxyl groups is 1. The summed E-state index contributed by atoms with van der Waals surface area (Å²) in [6.07, 6.45) is 4.78. The number of rotatable bonds is 2. The first-order valence-electron chi connectivity index (χ1n) is 5.80. The second-order valence-electron chi connectivity index (χ2n) is 4.74. The molecule has 1 heterocycles. The maximum atomic E-state index is 9.42. The first-order valence-corrected chi connectivity index (χ1v) is 6.68. The lowest BCUT2D eigenvalue weighted by Gasteiger charge is -2.24. The van der Waals surface area contributed by atoms with Crippen molar-refractivity contribution in [1.82, 2.24) is 4.98 Å². The standard InChI is InChI=1S/C12H19NOS/c1-8-3-5-10(6-4-8)12-13-11(7-15-12)9(2)14/h7-10,14H,3-6H2,1-2H3. The van der Waals surface area contributed by atoms with Gasteiger partial charge in [0.25, 0.3) is 0 Å². The molecule has 1 aromatic rings. The molecule has 2 nitrogen and oxygen atoms in total. The molecule has 1 aromatic heterocycles. The van der Waals surface area contributed by atoms with Crippen molar-refractivity contribution in [1.29, 1.82) is 0 Å². The lowest BCUT2D eigenvalue weighted by atomic mass is 9.83. The van der Waals surface area contributed by atoms with E-state index in [9.17, 15) is 5.11 Å². The van der Waals surface area contributed by atoms with Crippen LogP contribution in [0.25, 0.3) is 0 Å². The number of hydrogen-bond acceptors (Lipinski definition) is 3. The van der Waals surface area contributed by atoms with Crippen LogP contribution in [0.15, 0.2) is 5.38 Å². The fourth-order valence-corrected chi connectivity index (χ4v) is 3.26. The van der Waals surface area contributed by atoms with Crippen LogP contribution in [-0.2, 0) is 0 Å². The van der Waals surface area contributed by atoms with Gasteiger partial charge in [-0.15, -0.1) is 11.3 Å². The summed E-state index contributed by atoms with van der Waals surface area (Å²) in [4.78, 5) is 4.53. The van der Waals surface area contributed by atoms with Gasteiger partial charge in [-0.3, -0.25) is 0 Å². The molecular weight excluding hydrogens is 206 g/mol. The van der Waals surface area contributed by atoms with Crippen LogP contribution in [0.2, 0.25) is 0 Å². The van der Waals surface area contributed by atoms with Gasteiger partial charge in [-0.25, -0.2) is 4.98 Å². The molecule has 2 rings (SSSR count). The molecule has 1 N–H and O–H groups in total. The third kappa shape index (κ3) is 2.58. The van der Waals surface area contributed by atoms with E-state index >= 15 is 0 Å². The summed E-state index contributed by atoms with van der Waals surface area (Å²) in [6, 6.07) is 0. The normalized spacial score (nSPS) is 29.0. The minimum absolute atomic E-state index is 0.419. The van der Waals surface area contributed by atoms with E-state index in [-0.39, 0.29) is 0 Å². The zero-order valence-electron chi connectivity index (χ0n) is 9.44. The maximum Gasteiger partial charge on any atom is 0.0960 e. The molecule has 1 atom stereocenters. The number of aromatic nitrogens is 1. The average molecular weight is 225 g/mol. The van der Waals surface area contributed by atoms with Crippen LogP contribution in [0, 0.1) is 5.92 Å². The van der Waals surface area contributed by atoms with E-state index in [1.54, 1.807) is 18.3 Å². The van der Waals surface area contributed by atoms with Gasteiger partial charge in [-0.2, -0.15) is 0 Å². The number of nitrogens with zero attached hydrogens (tertiary/aromatic N) is 1. The summed E-state index contributed by atoms with van der Waals surface area (Å²) >= 11 is 1.71. The molecule has 0 aliphatic heterocycles. The van der Waals surface area contributed by atoms with Crippen molar-refractivity contribution in [2.45, 2.75) is 51.6 Å². The van der Waals surface area contributed by atoms with Crippen LogP contribution < -0.4 is 0 Å². The van der Waals surface area contributed by atoms with Crippen molar-refractivity contribution in [3.8, 4) is 0 Å². The molecule has 0 amide bonds. The first-order chi connectivity index (χ1) is 7.16. The maximum absolute atomic E-state index is 9.42. The third-order valence-corrected chi connectivity index (χ3v) is 4.36. The molecule has 84 valence electrons. The smallest absolute Gasteiger partial charge is 0.0960 e. The Bertz CT molecular complexity index is 313. The molecule has 1 aliphatic carbocycles. The van der Waals surface area contributed by atoms with Crippen molar-refractivity contribution in [3.05, 3.63) is 16.1 Å². The molecule has 1 saturated carbocycles. The second kappa shape index (κ2) is 4.62. The molecule has 0 saturated heterocycles. The fourth-order valence-electron chi connectivity index (χ4n) is 2.19. The van der Waals surface area contributed by atoms with E-state index in [0.717, 1.165) is 11.6 Å². The van der Waals surface area contributed by atoms with Crippen LogP contribution >= 0.6 is 11.3 Å². The highest BCUT2D eigenvalue weighted by molar-refractivity contribution is 7.09. The van der Waals surface area contributed by atoms with Gasteiger partial charge in [0.15, 0.2) is 0 Å². The SMILES string of the molecule is CC1CCC(c2nc(C(C)O)cs2)CC1. The van der Waals surface area contributed by atoms with E-state index < -0.39 is 6.10 Å². The number of thiazole rings is 1. The topological polar surface area (TPSA) is 33.1 Å². The van der Waals surface area contributed by atoms with E-state index in [2.05, 4.69) is 11.9 Å². The summed E-state index contributed by atoms with van der Waals surface area (Å²) in [5.74, 6) is 1.54. The monoisotopic (exact) mass is 225 g/mol. The van der Waals surface area contributed by atoms with Gasteiger partial charge < -0.3 is 5.11 Å². The minimum atomic E-state index is -0.419. The molecular formula is C12H19NOS. The van der Waals surface area contributed by atoms with Crippen LogP contribution in [0.4, 0.5) is 0 Å². The van der Waals surface area contributed by atoms with Crippen LogP contribution in [0.3, 0.4) is 0 Å².